The number of thiocarbonyl (C=S) groups is 1. The predicted molar refractivity (Wildman–Crippen MR) is 42.1 cm³/mol. The van der Waals surface area contributed by atoms with Crippen LogP contribution in [0.2, 0.25) is 0 Å². The molecule has 0 aromatic heterocycles. The van der Waals surface area contributed by atoms with E-state index in [4.69, 9.17) is 0 Å². The number of halogens is 1. The molecule has 13 heavy (non-hydrogen) atoms. The number of rotatable bonds is 4. The van der Waals surface area contributed by atoms with Gasteiger partial charge in [-0.3, -0.25) is 20.2 Å². The molecule has 0 aromatic carbocycles. The standard InChI is InChI=1S/C4H5FN2O5S/c1-3(13)12-2-4(5,6(8)9)7(10)11/h2H2,1H3. The van der Waals surface area contributed by atoms with Gasteiger partial charge < -0.3 is 4.74 Å². The molecule has 0 aliphatic rings. The average Bonchev–Trinajstić information content (AvgIpc) is 1.99. The van der Waals surface area contributed by atoms with Crippen molar-refractivity contribution in [1.29, 1.82) is 0 Å². The molecule has 0 bridgehead atoms. The van der Waals surface area contributed by atoms with Crippen molar-refractivity contribution in [2.24, 2.45) is 0 Å². The number of nitro groups is 2. The molecule has 0 saturated heterocycles. The Balaban J connectivity index is 4.52. The fourth-order valence-electron chi connectivity index (χ4n) is 0.366. The predicted octanol–water partition coefficient (Wildman–Crippen LogP) is 0.527. The normalized spacial score (nSPS) is 10.6. The second-order valence-electron chi connectivity index (χ2n) is 2.01. The summed E-state index contributed by atoms with van der Waals surface area (Å²) in [5.74, 6) is -3.83. The topological polar surface area (TPSA) is 95.5 Å². The summed E-state index contributed by atoms with van der Waals surface area (Å²) in [6.45, 7) is -0.113. The van der Waals surface area contributed by atoms with Crippen LogP contribution in [0.15, 0.2) is 0 Å². The van der Waals surface area contributed by atoms with Gasteiger partial charge in [-0.2, -0.15) is 0 Å². The molecule has 0 aromatic rings. The van der Waals surface area contributed by atoms with Crippen LogP contribution in [0.4, 0.5) is 4.39 Å². The van der Waals surface area contributed by atoms with E-state index in [1.807, 2.05) is 0 Å². The highest BCUT2D eigenvalue weighted by atomic mass is 32.1. The van der Waals surface area contributed by atoms with Gasteiger partial charge >= 0.3 is 5.92 Å². The molecule has 9 heteroatoms. The van der Waals surface area contributed by atoms with Crippen LogP contribution >= 0.6 is 12.2 Å². The monoisotopic (exact) mass is 212 g/mol. The fraction of sp³-hybridized carbons (Fsp3) is 0.750. The van der Waals surface area contributed by atoms with Crippen molar-refractivity contribution in [3.8, 4) is 0 Å². The Labute approximate surface area is 76.8 Å². The zero-order valence-electron chi connectivity index (χ0n) is 6.43. The van der Waals surface area contributed by atoms with E-state index in [0.717, 1.165) is 0 Å². The minimum absolute atomic E-state index is 0.203. The summed E-state index contributed by atoms with van der Waals surface area (Å²) in [6, 6.07) is 0. The minimum Gasteiger partial charge on any atom is -0.468 e. The lowest BCUT2D eigenvalue weighted by molar-refractivity contribution is -0.832. The first-order valence-corrected chi connectivity index (χ1v) is 3.33. The molecule has 0 aliphatic carbocycles. The number of nitrogens with zero attached hydrogens (tertiary/aromatic N) is 2. The fourth-order valence-corrected chi connectivity index (χ4v) is 0.424. The van der Waals surface area contributed by atoms with Crippen LogP contribution in [0.3, 0.4) is 0 Å². The number of hydrogen-bond donors (Lipinski definition) is 0. The molecule has 0 saturated carbocycles. The highest BCUT2D eigenvalue weighted by Gasteiger charge is 2.59. The Morgan fingerprint density at radius 3 is 2.15 bits per heavy atom. The summed E-state index contributed by atoms with van der Waals surface area (Å²) in [5, 5.41) is 19.7. The van der Waals surface area contributed by atoms with Gasteiger partial charge in [0.25, 0.3) is 6.61 Å². The Bertz CT molecular complexity index is 243. The molecule has 0 radical (unpaired) electrons. The average molecular weight is 212 g/mol. The maximum atomic E-state index is 12.8. The third kappa shape index (κ3) is 2.86. The molecule has 74 valence electrons. The quantitative estimate of drug-likeness (QED) is 0.222. The smallest absolute Gasteiger partial charge is 0.468 e. The molecule has 0 fully saturated rings. The first kappa shape index (κ1) is 11.6. The maximum absolute atomic E-state index is 12.8. The summed E-state index contributed by atoms with van der Waals surface area (Å²) < 4.78 is 17.0. The van der Waals surface area contributed by atoms with Gasteiger partial charge in [0, 0.05) is 6.92 Å². The number of ether oxygens (including phenoxy) is 1. The van der Waals surface area contributed by atoms with Crippen LogP contribution in [-0.4, -0.2) is 27.4 Å². The number of alkyl halides is 1. The highest BCUT2D eigenvalue weighted by molar-refractivity contribution is 7.80. The van der Waals surface area contributed by atoms with Gasteiger partial charge in [-0.25, -0.2) is 0 Å². The lowest BCUT2D eigenvalue weighted by atomic mass is 10.5. The molecule has 0 amide bonds. The lowest BCUT2D eigenvalue weighted by Gasteiger charge is -2.07. The Morgan fingerprint density at radius 2 is 1.92 bits per heavy atom. The van der Waals surface area contributed by atoms with E-state index < -0.39 is 22.4 Å². The minimum atomic E-state index is -3.83. The van der Waals surface area contributed by atoms with Crippen LogP contribution < -0.4 is 0 Å². The molecule has 7 nitrogen and oxygen atoms in total. The van der Waals surface area contributed by atoms with Gasteiger partial charge in [-0.05, 0) is 12.2 Å². The van der Waals surface area contributed by atoms with Gasteiger partial charge in [0.1, 0.15) is 9.85 Å². The van der Waals surface area contributed by atoms with E-state index in [2.05, 4.69) is 17.0 Å². The third-order valence-corrected chi connectivity index (χ3v) is 1.14. The van der Waals surface area contributed by atoms with Crippen molar-refractivity contribution in [3.05, 3.63) is 20.2 Å². The van der Waals surface area contributed by atoms with Crippen molar-refractivity contribution in [2.75, 3.05) is 6.61 Å². The van der Waals surface area contributed by atoms with E-state index in [1.165, 1.54) is 6.92 Å². The second kappa shape index (κ2) is 4.03. The SMILES string of the molecule is CC(=S)OCC(F)([N+](=O)[O-])[N+](=O)[O-]. The largest absolute Gasteiger partial charge is 0.648 e. The molecule has 0 N–H and O–H groups in total. The van der Waals surface area contributed by atoms with Gasteiger partial charge in [0.05, 0.1) is 0 Å². The molecule has 0 spiro atoms. The molecular formula is C4H5FN2O5S. The summed E-state index contributed by atoms with van der Waals surface area (Å²) in [6.07, 6.45) is 0. The van der Waals surface area contributed by atoms with E-state index >= 15 is 0 Å². The van der Waals surface area contributed by atoms with Crippen molar-refractivity contribution < 1.29 is 19.0 Å². The van der Waals surface area contributed by atoms with Gasteiger partial charge in [0.15, 0.2) is 5.05 Å². The molecule has 0 aliphatic heterocycles. The van der Waals surface area contributed by atoms with Crippen LogP contribution in [0.25, 0.3) is 0 Å². The lowest BCUT2D eigenvalue weighted by Crippen LogP contribution is -2.46. The molecule has 0 unspecified atom stereocenters. The zero-order chi connectivity index (χ0) is 10.6. The van der Waals surface area contributed by atoms with Gasteiger partial charge in [0.2, 0.25) is 0 Å². The number of hydrogen-bond acceptors (Lipinski definition) is 6. The summed E-state index contributed by atoms with van der Waals surface area (Å²) in [7, 11) is 0. The van der Waals surface area contributed by atoms with Crippen molar-refractivity contribution in [2.45, 2.75) is 12.8 Å². The van der Waals surface area contributed by atoms with E-state index in [9.17, 15) is 24.6 Å². The summed E-state index contributed by atoms with van der Waals surface area (Å²) in [5.41, 5.74) is 0. The van der Waals surface area contributed by atoms with E-state index in [1.54, 1.807) is 0 Å². The third-order valence-electron chi connectivity index (χ3n) is 1.02. The van der Waals surface area contributed by atoms with Crippen molar-refractivity contribution in [3.63, 3.8) is 0 Å². The Kier molecular flexibility index (Phi) is 3.60. The Morgan fingerprint density at radius 1 is 1.54 bits per heavy atom. The van der Waals surface area contributed by atoms with Crippen LogP contribution in [0, 0.1) is 20.2 Å². The van der Waals surface area contributed by atoms with Crippen LogP contribution in [0.1, 0.15) is 6.92 Å². The first-order chi connectivity index (χ1) is 5.80. The second-order valence-corrected chi connectivity index (χ2v) is 2.59. The summed E-state index contributed by atoms with van der Waals surface area (Å²) in [4.78, 5) is 16.5. The van der Waals surface area contributed by atoms with Gasteiger partial charge in [-0.15, -0.1) is 0 Å². The molecule has 0 atom stereocenters. The van der Waals surface area contributed by atoms with E-state index in [-0.39, 0.29) is 5.05 Å². The molecule has 0 rings (SSSR count). The van der Waals surface area contributed by atoms with E-state index in [0.29, 0.717) is 0 Å². The highest BCUT2D eigenvalue weighted by Crippen LogP contribution is 2.13. The van der Waals surface area contributed by atoms with Crippen molar-refractivity contribution >= 4 is 17.3 Å². The van der Waals surface area contributed by atoms with Gasteiger partial charge in [-0.1, -0.05) is 4.39 Å². The molecular weight excluding hydrogens is 207 g/mol. The summed E-state index contributed by atoms with van der Waals surface area (Å²) >= 11 is 4.30. The van der Waals surface area contributed by atoms with Crippen LogP contribution in [-0.2, 0) is 4.74 Å². The first-order valence-electron chi connectivity index (χ1n) is 2.92. The van der Waals surface area contributed by atoms with Crippen molar-refractivity contribution in [1.82, 2.24) is 0 Å². The van der Waals surface area contributed by atoms with Crippen LogP contribution in [0.5, 0.6) is 0 Å². The molecule has 0 heterocycles. The Hall–Kier alpha value is -1.38. The zero-order valence-corrected chi connectivity index (χ0v) is 7.25. The maximum Gasteiger partial charge on any atom is 0.648 e.